The zero-order valence-electron chi connectivity index (χ0n) is 12.6. The Balaban J connectivity index is 2.41. The first-order chi connectivity index (χ1) is 10.0. The monoisotopic (exact) mass is 284 g/mol. The Morgan fingerprint density at radius 2 is 2.00 bits per heavy atom. The maximum atomic E-state index is 12.0. The lowest BCUT2D eigenvalue weighted by molar-refractivity contribution is 0.0527. The molecule has 0 aliphatic carbocycles. The van der Waals surface area contributed by atoms with Gasteiger partial charge in [0.05, 0.1) is 23.5 Å². The second-order valence-electron chi connectivity index (χ2n) is 4.93. The third kappa shape index (κ3) is 3.34. The van der Waals surface area contributed by atoms with Crippen LogP contribution in [0.25, 0.3) is 0 Å². The molecule has 3 N–H and O–H groups in total. The minimum atomic E-state index is -0.378. The first-order valence-corrected chi connectivity index (χ1v) is 6.92. The lowest BCUT2D eigenvalue weighted by atomic mass is 10.1. The first kappa shape index (κ1) is 14.9. The Morgan fingerprint density at radius 3 is 2.67 bits per heavy atom. The summed E-state index contributed by atoms with van der Waals surface area (Å²) in [5.74, 6) is -0.378. The van der Waals surface area contributed by atoms with Crippen molar-refractivity contribution in [1.82, 2.24) is 0 Å². The summed E-state index contributed by atoms with van der Waals surface area (Å²) >= 11 is 0. The van der Waals surface area contributed by atoms with E-state index in [1.54, 1.807) is 25.1 Å². The van der Waals surface area contributed by atoms with Gasteiger partial charge in [-0.05, 0) is 44.5 Å². The van der Waals surface area contributed by atoms with E-state index in [0.29, 0.717) is 23.5 Å². The van der Waals surface area contributed by atoms with E-state index in [-0.39, 0.29) is 5.97 Å². The number of nitrogens with one attached hydrogen (secondary N) is 1. The third-order valence-corrected chi connectivity index (χ3v) is 3.23. The summed E-state index contributed by atoms with van der Waals surface area (Å²) in [6.45, 7) is 6.16. The van der Waals surface area contributed by atoms with Crippen molar-refractivity contribution in [2.45, 2.75) is 20.8 Å². The number of esters is 1. The van der Waals surface area contributed by atoms with Gasteiger partial charge >= 0.3 is 5.97 Å². The molecule has 0 aliphatic heterocycles. The van der Waals surface area contributed by atoms with Crippen LogP contribution in [0.3, 0.4) is 0 Å². The molecule has 0 saturated carbocycles. The fourth-order valence-electron chi connectivity index (χ4n) is 2.18. The standard InChI is InChI=1S/C17H20N2O2/c1-4-21-17(20)13-6-5-7-14(18)16(13)19-15-9-8-11(2)10-12(15)3/h5-10,19H,4,18H2,1-3H3. The van der Waals surface area contributed by atoms with Crippen molar-refractivity contribution in [2.24, 2.45) is 0 Å². The molecule has 21 heavy (non-hydrogen) atoms. The molecule has 0 spiro atoms. The van der Waals surface area contributed by atoms with Crippen LogP contribution < -0.4 is 11.1 Å². The van der Waals surface area contributed by atoms with Gasteiger partial charge in [-0.1, -0.05) is 23.8 Å². The van der Waals surface area contributed by atoms with Crippen LogP contribution in [0.15, 0.2) is 36.4 Å². The van der Waals surface area contributed by atoms with E-state index in [2.05, 4.69) is 11.4 Å². The van der Waals surface area contributed by atoms with E-state index in [9.17, 15) is 4.79 Å². The molecule has 2 aromatic carbocycles. The average Bonchev–Trinajstić information content (AvgIpc) is 2.43. The van der Waals surface area contributed by atoms with E-state index in [0.717, 1.165) is 11.3 Å². The fraction of sp³-hybridized carbons (Fsp3) is 0.235. The van der Waals surface area contributed by atoms with E-state index < -0.39 is 0 Å². The number of rotatable bonds is 4. The summed E-state index contributed by atoms with van der Waals surface area (Å²) in [5, 5.41) is 3.25. The number of nitrogen functional groups attached to an aromatic ring is 1. The molecule has 0 saturated heterocycles. The number of hydrogen-bond acceptors (Lipinski definition) is 4. The van der Waals surface area contributed by atoms with Crippen molar-refractivity contribution in [3.63, 3.8) is 0 Å². The molecule has 2 aromatic rings. The highest BCUT2D eigenvalue weighted by Crippen LogP contribution is 2.29. The summed E-state index contributed by atoms with van der Waals surface area (Å²) in [6.07, 6.45) is 0. The number of anilines is 3. The predicted octanol–water partition coefficient (Wildman–Crippen LogP) is 3.81. The number of benzene rings is 2. The molecule has 4 nitrogen and oxygen atoms in total. The zero-order chi connectivity index (χ0) is 15.4. The van der Waals surface area contributed by atoms with Crippen LogP contribution in [-0.2, 0) is 4.74 Å². The van der Waals surface area contributed by atoms with Crippen LogP contribution in [0.1, 0.15) is 28.4 Å². The van der Waals surface area contributed by atoms with Gasteiger partial charge in [-0.3, -0.25) is 0 Å². The van der Waals surface area contributed by atoms with Gasteiger partial charge in [0.1, 0.15) is 0 Å². The summed E-state index contributed by atoms with van der Waals surface area (Å²) in [7, 11) is 0. The Morgan fingerprint density at radius 1 is 1.24 bits per heavy atom. The molecule has 2 rings (SSSR count). The lowest BCUT2D eigenvalue weighted by Gasteiger charge is -2.15. The highest BCUT2D eigenvalue weighted by atomic mass is 16.5. The van der Waals surface area contributed by atoms with E-state index >= 15 is 0 Å². The quantitative estimate of drug-likeness (QED) is 0.662. The highest BCUT2D eigenvalue weighted by molar-refractivity contribution is 6.00. The number of nitrogens with two attached hydrogens (primary N) is 1. The topological polar surface area (TPSA) is 64.3 Å². The van der Waals surface area contributed by atoms with Crippen molar-refractivity contribution in [2.75, 3.05) is 17.7 Å². The third-order valence-electron chi connectivity index (χ3n) is 3.23. The number of hydrogen-bond donors (Lipinski definition) is 2. The summed E-state index contributed by atoms with van der Waals surface area (Å²) in [6, 6.07) is 11.3. The second kappa shape index (κ2) is 6.31. The maximum Gasteiger partial charge on any atom is 0.340 e. The molecular formula is C17H20N2O2. The smallest absolute Gasteiger partial charge is 0.340 e. The van der Waals surface area contributed by atoms with Crippen molar-refractivity contribution in [3.8, 4) is 0 Å². The molecule has 0 atom stereocenters. The molecule has 4 heteroatoms. The Kier molecular flexibility index (Phi) is 4.48. The summed E-state index contributed by atoms with van der Waals surface area (Å²) in [5.41, 5.74) is 10.8. The SMILES string of the molecule is CCOC(=O)c1cccc(N)c1Nc1ccc(C)cc1C. The average molecular weight is 284 g/mol. The minimum absolute atomic E-state index is 0.330. The molecule has 0 aliphatic rings. The van der Waals surface area contributed by atoms with Gasteiger partial charge in [0.2, 0.25) is 0 Å². The van der Waals surface area contributed by atoms with Crippen LogP contribution in [0.5, 0.6) is 0 Å². The summed E-state index contributed by atoms with van der Waals surface area (Å²) in [4.78, 5) is 12.0. The normalized spacial score (nSPS) is 10.2. The van der Waals surface area contributed by atoms with Gasteiger partial charge < -0.3 is 15.8 Å². The molecule has 0 amide bonds. The van der Waals surface area contributed by atoms with Crippen molar-refractivity contribution in [1.29, 1.82) is 0 Å². The Labute approximate surface area is 124 Å². The molecule has 0 radical (unpaired) electrons. The molecule has 110 valence electrons. The molecule has 0 bridgehead atoms. The van der Waals surface area contributed by atoms with Crippen molar-refractivity contribution < 1.29 is 9.53 Å². The van der Waals surface area contributed by atoms with Gasteiger partial charge in [-0.25, -0.2) is 4.79 Å². The van der Waals surface area contributed by atoms with E-state index in [1.165, 1.54) is 5.56 Å². The number of para-hydroxylation sites is 1. The molecular weight excluding hydrogens is 264 g/mol. The number of carbonyl (C=O) groups is 1. The van der Waals surface area contributed by atoms with Gasteiger partial charge in [-0.15, -0.1) is 0 Å². The number of aryl methyl sites for hydroxylation is 2. The van der Waals surface area contributed by atoms with Crippen LogP contribution in [0.4, 0.5) is 17.1 Å². The van der Waals surface area contributed by atoms with Crippen molar-refractivity contribution >= 4 is 23.0 Å². The number of ether oxygens (including phenoxy) is 1. The Hall–Kier alpha value is -2.49. The molecule has 0 aromatic heterocycles. The van der Waals surface area contributed by atoms with Crippen LogP contribution >= 0.6 is 0 Å². The maximum absolute atomic E-state index is 12.0. The highest BCUT2D eigenvalue weighted by Gasteiger charge is 2.15. The minimum Gasteiger partial charge on any atom is -0.462 e. The fourth-order valence-corrected chi connectivity index (χ4v) is 2.18. The van der Waals surface area contributed by atoms with Gasteiger partial charge in [0.15, 0.2) is 0 Å². The second-order valence-corrected chi connectivity index (χ2v) is 4.93. The van der Waals surface area contributed by atoms with Crippen LogP contribution in [0.2, 0.25) is 0 Å². The predicted molar refractivity (Wildman–Crippen MR) is 86.0 cm³/mol. The molecule has 0 heterocycles. The van der Waals surface area contributed by atoms with Crippen LogP contribution in [0, 0.1) is 13.8 Å². The first-order valence-electron chi connectivity index (χ1n) is 6.92. The van der Waals surface area contributed by atoms with Gasteiger partial charge in [-0.2, -0.15) is 0 Å². The zero-order valence-corrected chi connectivity index (χ0v) is 12.6. The largest absolute Gasteiger partial charge is 0.462 e. The Bertz CT molecular complexity index is 666. The summed E-state index contributed by atoms with van der Waals surface area (Å²) < 4.78 is 5.08. The lowest BCUT2D eigenvalue weighted by Crippen LogP contribution is -2.10. The van der Waals surface area contributed by atoms with Crippen molar-refractivity contribution in [3.05, 3.63) is 53.1 Å². The molecule has 0 unspecified atom stereocenters. The van der Waals surface area contributed by atoms with Gasteiger partial charge in [0, 0.05) is 5.69 Å². The van der Waals surface area contributed by atoms with Crippen LogP contribution in [-0.4, -0.2) is 12.6 Å². The van der Waals surface area contributed by atoms with E-state index in [4.69, 9.17) is 10.5 Å². The molecule has 0 fully saturated rings. The number of carbonyl (C=O) groups excluding carboxylic acids is 1. The van der Waals surface area contributed by atoms with E-state index in [1.807, 2.05) is 26.0 Å². The van der Waals surface area contributed by atoms with Gasteiger partial charge in [0.25, 0.3) is 0 Å².